The van der Waals surface area contributed by atoms with E-state index in [2.05, 4.69) is 11.1 Å². The lowest BCUT2D eigenvalue weighted by Gasteiger charge is -2.14. The lowest BCUT2D eigenvalue weighted by atomic mass is 9.99. The van der Waals surface area contributed by atoms with E-state index in [1.165, 1.54) is 0 Å². The van der Waals surface area contributed by atoms with Gasteiger partial charge in [0.05, 0.1) is 6.07 Å². The molecule has 1 aromatic rings. The first kappa shape index (κ1) is 13.1. The standard InChI is InChI=1S/C11H18N4S/c1-11(13,9-12)5-3-4-8-16-10-14-6-7-15(10)2/h6-7H,3-5,8,13H2,1-2H3. The van der Waals surface area contributed by atoms with Gasteiger partial charge in [0.2, 0.25) is 0 Å². The largest absolute Gasteiger partial charge is 0.329 e. The van der Waals surface area contributed by atoms with Gasteiger partial charge in [0.1, 0.15) is 5.54 Å². The van der Waals surface area contributed by atoms with Crippen LogP contribution >= 0.6 is 11.8 Å². The highest BCUT2D eigenvalue weighted by Crippen LogP contribution is 2.18. The second-order valence-corrected chi connectivity index (χ2v) is 5.22. The Balaban J connectivity index is 2.14. The molecule has 5 heteroatoms. The van der Waals surface area contributed by atoms with Gasteiger partial charge in [0.25, 0.3) is 0 Å². The van der Waals surface area contributed by atoms with Crippen molar-refractivity contribution in [2.75, 3.05) is 5.75 Å². The molecule has 1 unspecified atom stereocenters. The van der Waals surface area contributed by atoms with Gasteiger partial charge < -0.3 is 10.3 Å². The van der Waals surface area contributed by atoms with Crippen LogP contribution in [0.2, 0.25) is 0 Å². The van der Waals surface area contributed by atoms with Crippen LogP contribution in [0.3, 0.4) is 0 Å². The zero-order chi connectivity index (χ0) is 12.0. The number of unbranched alkanes of at least 4 members (excludes halogenated alkanes) is 1. The molecule has 0 spiro atoms. The number of aromatic nitrogens is 2. The highest BCUT2D eigenvalue weighted by molar-refractivity contribution is 7.99. The highest BCUT2D eigenvalue weighted by atomic mass is 32.2. The van der Waals surface area contributed by atoms with Crippen LogP contribution in [0, 0.1) is 11.3 Å². The van der Waals surface area contributed by atoms with Crippen molar-refractivity contribution in [2.45, 2.75) is 36.9 Å². The van der Waals surface area contributed by atoms with E-state index in [1.54, 1.807) is 24.9 Å². The lowest BCUT2D eigenvalue weighted by Crippen LogP contribution is -2.33. The summed E-state index contributed by atoms with van der Waals surface area (Å²) in [7, 11) is 1.99. The summed E-state index contributed by atoms with van der Waals surface area (Å²) in [5, 5.41) is 9.78. The molecule has 2 N–H and O–H groups in total. The SMILES string of the molecule is Cn1ccnc1SCCCCC(C)(N)C#N. The van der Waals surface area contributed by atoms with Crippen LogP contribution in [0.15, 0.2) is 17.6 Å². The number of rotatable bonds is 6. The monoisotopic (exact) mass is 238 g/mol. The molecule has 4 nitrogen and oxygen atoms in total. The average molecular weight is 238 g/mol. The van der Waals surface area contributed by atoms with E-state index in [9.17, 15) is 0 Å². The van der Waals surface area contributed by atoms with Gasteiger partial charge in [0.15, 0.2) is 5.16 Å². The van der Waals surface area contributed by atoms with Crippen molar-refractivity contribution in [3.63, 3.8) is 0 Å². The Labute approximate surface area is 101 Å². The third kappa shape index (κ3) is 4.25. The quantitative estimate of drug-likeness (QED) is 0.607. The van der Waals surface area contributed by atoms with E-state index in [0.717, 1.165) is 30.2 Å². The number of nitriles is 1. The van der Waals surface area contributed by atoms with Crippen molar-refractivity contribution in [2.24, 2.45) is 12.8 Å². The molecule has 0 aliphatic rings. The Morgan fingerprint density at radius 1 is 1.62 bits per heavy atom. The van der Waals surface area contributed by atoms with Gasteiger partial charge in [0, 0.05) is 25.2 Å². The normalized spacial score (nSPS) is 14.4. The third-order valence-corrected chi connectivity index (χ3v) is 3.50. The number of nitrogens with zero attached hydrogens (tertiary/aromatic N) is 3. The summed E-state index contributed by atoms with van der Waals surface area (Å²) in [6.45, 7) is 1.78. The minimum atomic E-state index is -0.673. The predicted molar refractivity (Wildman–Crippen MR) is 66.0 cm³/mol. The van der Waals surface area contributed by atoms with Crippen LogP contribution in [0.1, 0.15) is 26.2 Å². The first-order chi connectivity index (χ1) is 7.55. The van der Waals surface area contributed by atoms with Crippen molar-refractivity contribution in [3.05, 3.63) is 12.4 Å². The van der Waals surface area contributed by atoms with Gasteiger partial charge in [-0.15, -0.1) is 0 Å². The van der Waals surface area contributed by atoms with Crippen LogP contribution in [0.5, 0.6) is 0 Å². The molecular formula is C11H18N4S. The van der Waals surface area contributed by atoms with Gasteiger partial charge in [-0.05, 0) is 26.2 Å². The minimum absolute atomic E-state index is 0.673. The van der Waals surface area contributed by atoms with Crippen LogP contribution in [-0.2, 0) is 7.05 Å². The van der Waals surface area contributed by atoms with E-state index in [0.29, 0.717) is 0 Å². The molecule has 1 rings (SSSR count). The van der Waals surface area contributed by atoms with Crippen LogP contribution < -0.4 is 5.73 Å². The average Bonchev–Trinajstić information content (AvgIpc) is 2.64. The Bertz CT molecular complexity index is 364. The van der Waals surface area contributed by atoms with Crippen molar-refractivity contribution >= 4 is 11.8 Å². The minimum Gasteiger partial charge on any atom is -0.329 e. The molecule has 0 bridgehead atoms. The van der Waals surface area contributed by atoms with E-state index in [-0.39, 0.29) is 0 Å². The number of hydrogen-bond donors (Lipinski definition) is 1. The molecule has 1 atom stereocenters. The molecule has 1 heterocycles. The molecular weight excluding hydrogens is 220 g/mol. The van der Waals surface area contributed by atoms with Crippen molar-refractivity contribution in [1.82, 2.24) is 9.55 Å². The van der Waals surface area contributed by atoms with Gasteiger partial charge in [-0.2, -0.15) is 5.26 Å². The summed E-state index contributed by atoms with van der Waals surface area (Å²) in [6.07, 6.45) is 6.54. The Hall–Kier alpha value is -0.990. The fourth-order valence-corrected chi connectivity index (χ4v) is 2.24. The second kappa shape index (κ2) is 5.92. The van der Waals surface area contributed by atoms with E-state index < -0.39 is 5.54 Å². The smallest absolute Gasteiger partial charge is 0.167 e. The maximum absolute atomic E-state index is 8.74. The first-order valence-electron chi connectivity index (χ1n) is 5.35. The van der Waals surface area contributed by atoms with Crippen LogP contribution in [0.4, 0.5) is 0 Å². The highest BCUT2D eigenvalue weighted by Gasteiger charge is 2.15. The number of imidazole rings is 1. The van der Waals surface area contributed by atoms with Crippen molar-refractivity contribution in [3.8, 4) is 6.07 Å². The van der Waals surface area contributed by atoms with E-state index >= 15 is 0 Å². The topological polar surface area (TPSA) is 67.6 Å². The molecule has 88 valence electrons. The van der Waals surface area contributed by atoms with Crippen LogP contribution in [0.25, 0.3) is 0 Å². The number of nitrogens with two attached hydrogens (primary N) is 1. The molecule has 0 aliphatic carbocycles. The van der Waals surface area contributed by atoms with Gasteiger partial charge >= 0.3 is 0 Å². The van der Waals surface area contributed by atoms with E-state index in [4.69, 9.17) is 11.0 Å². The molecule has 0 saturated carbocycles. The fraction of sp³-hybridized carbons (Fsp3) is 0.636. The second-order valence-electron chi connectivity index (χ2n) is 4.16. The Morgan fingerprint density at radius 2 is 2.38 bits per heavy atom. The molecule has 1 aromatic heterocycles. The lowest BCUT2D eigenvalue weighted by molar-refractivity contribution is 0.518. The Morgan fingerprint density at radius 3 is 2.94 bits per heavy atom. The van der Waals surface area contributed by atoms with Gasteiger partial charge in [-0.25, -0.2) is 4.98 Å². The molecule has 0 radical (unpaired) electrons. The first-order valence-corrected chi connectivity index (χ1v) is 6.34. The van der Waals surface area contributed by atoms with E-state index in [1.807, 2.05) is 17.8 Å². The summed E-state index contributed by atoms with van der Waals surface area (Å²) < 4.78 is 2.01. The molecule has 0 saturated heterocycles. The fourth-order valence-electron chi connectivity index (χ4n) is 1.30. The van der Waals surface area contributed by atoms with Crippen LogP contribution in [-0.4, -0.2) is 20.8 Å². The molecule has 0 fully saturated rings. The van der Waals surface area contributed by atoms with Gasteiger partial charge in [-0.3, -0.25) is 0 Å². The number of aryl methyl sites for hydroxylation is 1. The summed E-state index contributed by atoms with van der Waals surface area (Å²) in [5.41, 5.74) is 5.06. The summed E-state index contributed by atoms with van der Waals surface area (Å²) in [6, 6.07) is 2.11. The summed E-state index contributed by atoms with van der Waals surface area (Å²) in [5.74, 6) is 1.02. The predicted octanol–water partition coefficient (Wildman–Crippen LogP) is 1.92. The number of thioether (sulfide) groups is 1. The third-order valence-electron chi connectivity index (χ3n) is 2.35. The van der Waals surface area contributed by atoms with Gasteiger partial charge in [-0.1, -0.05) is 11.8 Å². The van der Waals surface area contributed by atoms with Crippen molar-refractivity contribution < 1.29 is 0 Å². The molecule has 0 aliphatic heterocycles. The van der Waals surface area contributed by atoms with Crippen molar-refractivity contribution in [1.29, 1.82) is 5.26 Å². The molecule has 16 heavy (non-hydrogen) atoms. The summed E-state index contributed by atoms with van der Waals surface area (Å²) >= 11 is 1.74. The zero-order valence-electron chi connectivity index (χ0n) is 9.81. The Kier molecular flexibility index (Phi) is 4.84. The molecule has 0 amide bonds. The molecule has 0 aromatic carbocycles. The summed E-state index contributed by atoms with van der Waals surface area (Å²) in [4.78, 5) is 4.23. The maximum atomic E-state index is 8.74. The maximum Gasteiger partial charge on any atom is 0.167 e. The zero-order valence-corrected chi connectivity index (χ0v) is 10.6. The number of hydrogen-bond acceptors (Lipinski definition) is 4.